The predicted octanol–water partition coefficient (Wildman–Crippen LogP) is 0.911. The van der Waals surface area contributed by atoms with E-state index in [9.17, 15) is 19.7 Å². The molecule has 2 amide bonds. The smallest absolute Gasteiger partial charge is 0.415 e. The molecule has 1 saturated heterocycles. The number of hydrogen-bond donors (Lipinski definition) is 1. The minimum atomic E-state index is -1.23. The van der Waals surface area contributed by atoms with Gasteiger partial charge in [-0.3, -0.25) is 20.2 Å². The molecule has 1 heterocycles. The van der Waals surface area contributed by atoms with E-state index >= 15 is 0 Å². The number of nitro benzene ring substituents is 1. The highest BCUT2D eigenvalue weighted by atomic mass is 16.6. The first-order valence-electron chi connectivity index (χ1n) is 4.86. The first-order chi connectivity index (χ1) is 8.52. The van der Waals surface area contributed by atoms with Crippen molar-refractivity contribution in [3.63, 3.8) is 0 Å². The summed E-state index contributed by atoms with van der Waals surface area (Å²) in [5, 5.41) is 12.6. The number of rotatable bonds is 3. The van der Waals surface area contributed by atoms with Gasteiger partial charge in [-0.2, -0.15) is 0 Å². The van der Waals surface area contributed by atoms with Crippen LogP contribution in [-0.4, -0.2) is 24.0 Å². The third-order valence-electron chi connectivity index (χ3n) is 2.39. The first kappa shape index (κ1) is 11.8. The van der Waals surface area contributed by atoms with Gasteiger partial charge in [-0.15, -0.1) is 0 Å². The zero-order valence-electron chi connectivity index (χ0n) is 9.21. The molecule has 0 aliphatic carbocycles. The summed E-state index contributed by atoms with van der Waals surface area (Å²) >= 11 is 0. The summed E-state index contributed by atoms with van der Waals surface area (Å²) in [6.07, 6.45) is -2.12. The van der Waals surface area contributed by atoms with Crippen LogP contribution in [-0.2, 0) is 9.53 Å². The maximum Gasteiger partial charge on any atom is 0.415 e. The molecule has 1 aromatic rings. The Bertz CT molecular complexity index is 541. The number of non-ortho nitro benzene ring substituents is 1. The van der Waals surface area contributed by atoms with E-state index in [1.165, 1.54) is 19.2 Å². The fourth-order valence-corrected chi connectivity index (χ4v) is 1.60. The van der Waals surface area contributed by atoms with Gasteiger partial charge in [0, 0.05) is 12.1 Å². The average molecular weight is 252 g/mol. The van der Waals surface area contributed by atoms with E-state index in [0.717, 1.165) is 6.07 Å². The molecule has 1 fully saturated rings. The normalized spacial score (nSPS) is 18.2. The fourth-order valence-electron chi connectivity index (χ4n) is 1.60. The second kappa shape index (κ2) is 4.32. The number of methoxy groups -OCH3 is 1. The maximum atomic E-state index is 11.5. The highest BCUT2D eigenvalue weighted by molar-refractivity contribution is 6.00. The fraction of sp³-hybridized carbons (Fsp3) is 0.200. The molecule has 2 rings (SSSR count). The molecule has 94 valence electrons. The van der Waals surface area contributed by atoms with E-state index in [1.807, 2.05) is 5.32 Å². The number of nitrogens with zero attached hydrogens (tertiary/aromatic N) is 1. The Hall–Kier alpha value is -2.64. The number of nitro groups is 1. The molecule has 0 spiro atoms. The number of amides is 2. The summed E-state index contributed by atoms with van der Waals surface area (Å²) in [6, 6.07) is 3.71. The van der Waals surface area contributed by atoms with Crippen LogP contribution < -0.4 is 10.1 Å². The van der Waals surface area contributed by atoms with Crippen molar-refractivity contribution in [3.8, 4) is 5.75 Å². The second-order valence-corrected chi connectivity index (χ2v) is 3.46. The Morgan fingerprint density at radius 3 is 2.67 bits per heavy atom. The minimum Gasteiger partial charge on any atom is -0.496 e. The van der Waals surface area contributed by atoms with Crippen LogP contribution in [0.2, 0.25) is 0 Å². The van der Waals surface area contributed by atoms with Crippen molar-refractivity contribution in [3.05, 3.63) is 33.9 Å². The molecular formula is C10H8N2O6. The van der Waals surface area contributed by atoms with Crippen molar-refractivity contribution in [2.24, 2.45) is 0 Å². The standard InChI is InChI=1S/C10H8N2O6/c1-17-7-3-2-5(12(15)16)4-6(7)8-9(13)11-10(14)18-8/h2-4,8H,1H3,(H,11,13,14). The van der Waals surface area contributed by atoms with E-state index in [2.05, 4.69) is 0 Å². The molecule has 8 heteroatoms. The van der Waals surface area contributed by atoms with Gasteiger partial charge in [-0.25, -0.2) is 4.79 Å². The van der Waals surface area contributed by atoms with Gasteiger partial charge < -0.3 is 9.47 Å². The van der Waals surface area contributed by atoms with E-state index in [1.54, 1.807) is 0 Å². The van der Waals surface area contributed by atoms with Crippen molar-refractivity contribution in [2.75, 3.05) is 7.11 Å². The number of cyclic esters (lactones) is 1. The van der Waals surface area contributed by atoms with Gasteiger partial charge in [0.1, 0.15) is 5.75 Å². The van der Waals surface area contributed by atoms with Crippen molar-refractivity contribution < 1.29 is 24.0 Å². The van der Waals surface area contributed by atoms with Crippen LogP contribution in [0, 0.1) is 10.1 Å². The Labute approximate surface area is 101 Å². The predicted molar refractivity (Wildman–Crippen MR) is 57.0 cm³/mol. The number of benzene rings is 1. The topological polar surface area (TPSA) is 108 Å². The summed E-state index contributed by atoms with van der Waals surface area (Å²) < 4.78 is 9.72. The molecule has 18 heavy (non-hydrogen) atoms. The first-order valence-corrected chi connectivity index (χ1v) is 4.86. The van der Waals surface area contributed by atoms with Gasteiger partial charge in [-0.1, -0.05) is 0 Å². The largest absolute Gasteiger partial charge is 0.496 e. The van der Waals surface area contributed by atoms with Gasteiger partial charge in [0.05, 0.1) is 17.6 Å². The molecule has 1 aromatic carbocycles. The van der Waals surface area contributed by atoms with Gasteiger partial charge in [0.15, 0.2) is 0 Å². The lowest BCUT2D eigenvalue weighted by molar-refractivity contribution is -0.385. The molecule has 0 radical (unpaired) electrons. The Morgan fingerprint density at radius 1 is 1.44 bits per heavy atom. The Morgan fingerprint density at radius 2 is 2.17 bits per heavy atom. The number of imide groups is 1. The third-order valence-corrected chi connectivity index (χ3v) is 2.39. The molecule has 1 aliphatic heterocycles. The number of carbonyl (C=O) groups is 2. The molecule has 1 aliphatic rings. The van der Waals surface area contributed by atoms with Crippen LogP contribution in [0.3, 0.4) is 0 Å². The van der Waals surface area contributed by atoms with E-state index in [-0.39, 0.29) is 17.0 Å². The summed E-state index contributed by atoms with van der Waals surface area (Å²) in [4.78, 5) is 32.4. The van der Waals surface area contributed by atoms with Gasteiger partial charge >= 0.3 is 6.09 Å². The summed E-state index contributed by atoms with van der Waals surface area (Å²) in [6.45, 7) is 0. The van der Waals surface area contributed by atoms with E-state index < -0.39 is 23.0 Å². The molecule has 8 nitrogen and oxygen atoms in total. The van der Waals surface area contributed by atoms with Crippen LogP contribution >= 0.6 is 0 Å². The summed E-state index contributed by atoms with van der Waals surface area (Å²) in [7, 11) is 1.35. The second-order valence-electron chi connectivity index (χ2n) is 3.46. The van der Waals surface area contributed by atoms with Crippen molar-refractivity contribution >= 4 is 17.7 Å². The number of alkyl carbamates (subject to hydrolysis) is 1. The van der Waals surface area contributed by atoms with Gasteiger partial charge in [0.25, 0.3) is 11.6 Å². The lowest BCUT2D eigenvalue weighted by Gasteiger charge is -2.11. The summed E-state index contributed by atoms with van der Waals surface area (Å²) in [5.41, 5.74) is -0.0865. The van der Waals surface area contributed by atoms with Crippen molar-refractivity contribution in [1.82, 2.24) is 5.32 Å². The van der Waals surface area contributed by atoms with Crippen LogP contribution in [0.25, 0.3) is 0 Å². The quantitative estimate of drug-likeness (QED) is 0.632. The highest BCUT2D eigenvalue weighted by Gasteiger charge is 2.36. The molecular weight excluding hydrogens is 244 g/mol. The van der Waals surface area contributed by atoms with Gasteiger partial charge in [-0.05, 0) is 6.07 Å². The molecule has 0 aromatic heterocycles. The molecule has 1 unspecified atom stereocenters. The molecule has 0 bridgehead atoms. The van der Waals surface area contributed by atoms with Crippen molar-refractivity contribution in [1.29, 1.82) is 0 Å². The van der Waals surface area contributed by atoms with Crippen LogP contribution in [0.4, 0.5) is 10.5 Å². The zero-order valence-corrected chi connectivity index (χ0v) is 9.21. The lowest BCUT2D eigenvalue weighted by Crippen LogP contribution is -2.20. The molecule has 1 atom stereocenters. The zero-order chi connectivity index (χ0) is 13.3. The minimum absolute atomic E-state index is 0.134. The number of carbonyl (C=O) groups excluding carboxylic acids is 2. The number of ether oxygens (including phenoxy) is 2. The average Bonchev–Trinajstić information content (AvgIpc) is 2.67. The number of hydrogen-bond acceptors (Lipinski definition) is 6. The SMILES string of the molecule is COc1ccc([N+](=O)[O-])cc1C1OC(=O)NC1=O. The monoisotopic (exact) mass is 252 g/mol. The van der Waals surface area contributed by atoms with Gasteiger partial charge in [0.2, 0.25) is 6.10 Å². The third kappa shape index (κ3) is 1.95. The van der Waals surface area contributed by atoms with Crippen molar-refractivity contribution in [2.45, 2.75) is 6.10 Å². The van der Waals surface area contributed by atoms with E-state index in [4.69, 9.17) is 9.47 Å². The maximum absolute atomic E-state index is 11.5. The van der Waals surface area contributed by atoms with E-state index in [0.29, 0.717) is 0 Å². The number of nitrogens with one attached hydrogen (secondary N) is 1. The Kier molecular flexibility index (Phi) is 2.84. The van der Waals surface area contributed by atoms with Crippen LogP contribution in [0.5, 0.6) is 5.75 Å². The van der Waals surface area contributed by atoms with Crippen LogP contribution in [0.15, 0.2) is 18.2 Å². The lowest BCUT2D eigenvalue weighted by atomic mass is 10.1. The molecule has 1 N–H and O–H groups in total. The molecule has 0 saturated carbocycles. The summed E-state index contributed by atoms with van der Waals surface area (Å²) in [5.74, 6) is -0.450. The Balaban J connectivity index is 2.47. The van der Waals surface area contributed by atoms with Crippen LogP contribution in [0.1, 0.15) is 11.7 Å². The highest BCUT2D eigenvalue weighted by Crippen LogP contribution is 2.33.